The Labute approximate surface area is 92.4 Å². The second kappa shape index (κ2) is 3.42. The Bertz CT molecular complexity index is 549. The van der Waals surface area contributed by atoms with Crippen LogP contribution >= 0.6 is 0 Å². The molecular weight excluding hydrogens is 205 g/mol. The minimum absolute atomic E-state index is 0.268. The predicted molar refractivity (Wildman–Crippen MR) is 61.5 cm³/mol. The van der Waals surface area contributed by atoms with E-state index in [1.165, 1.54) is 12.1 Å². The Morgan fingerprint density at radius 1 is 1.31 bits per heavy atom. The van der Waals surface area contributed by atoms with Crippen LogP contribution in [0.3, 0.4) is 0 Å². The van der Waals surface area contributed by atoms with Crippen LogP contribution < -0.4 is 11.3 Å². The molecule has 1 aromatic heterocycles. The van der Waals surface area contributed by atoms with Crippen molar-refractivity contribution in [1.29, 1.82) is 0 Å². The van der Waals surface area contributed by atoms with Crippen LogP contribution in [0.2, 0.25) is 0 Å². The lowest BCUT2D eigenvalue weighted by Crippen LogP contribution is -2.08. The maximum absolute atomic E-state index is 13.1. The van der Waals surface area contributed by atoms with E-state index in [2.05, 4.69) is 10.4 Å². The lowest BCUT2D eigenvalue weighted by molar-refractivity contribution is 0.629. The highest BCUT2D eigenvalue weighted by atomic mass is 19.1. The Kier molecular flexibility index (Phi) is 2.04. The van der Waals surface area contributed by atoms with Crippen molar-refractivity contribution < 1.29 is 4.39 Å². The predicted octanol–water partition coefficient (Wildman–Crippen LogP) is 2.54. The number of nitrogens with zero attached hydrogens (tertiary/aromatic N) is 1. The molecule has 0 radical (unpaired) electrons. The number of hydrogen-bond acceptors (Lipinski definition) is 3. The second-order valence-corrected chi connectivity index (χ2v) is 4.17. The average molecular weight is 217 g/mol. The van der Waals surface area contributed by atoms with E-state index in [1.807, 2.05) is 6.07 Å². The molecule has 0 aliphatic heterocycles. The molecule has 3 nitrogen and oxygen atoms in total. The average Bonchev–Trinajstić information content (AvgIpc) is 3.10. The number of anilines is 1. The van der Waals surface area contributed by atoms with Crippen molar-refractivity contribution >= 4 is 16.6 Å². The van der Waals surface area contributed by atoms with Gasteiger partial charge in [0.05, 0.1) is 11.2 Å². The summed E-state index contributed by atoms with van der Waals surface area (Å²) in [5, 5.41) is 0.855. The minimum Gasteiger partial charge on any atom is -0.323 e. The van der Waals surface area contributed by atoms with E-state index in [0.717, 1.165) is 29.6 Å². The standard InChI is InChI=1S/C12H12FN3/c13-8-3-4-9-11(5-8)15-10(7-1-2-7)6-12(9)16-14/h3-7H,1-2,14H2,(H,15,16). The molecule has 3 rings (SSSR count). The van der Waals surface area contributed by atoms with Crippen molar-refractivity contribution in [2.45, 2.75) is 18.8 Å². The van der Waals surface area contributed by atoms with Crippen molar-refractivity contribution in [3.8, 4) is 0 Å². The summed E-state index contributed by atoms with van der Waals surface area (Å²) < 4.78 is 13.1. The molecule has 0 spiro atoms. The molecule has 1 aromatic carbocycles. The summed E-state index contributed by atoms with van der Waals surface area (Å²) in [5.74, 6) is 5.73. The van der Waals surface area contributed by atoms with Crippen molar-refractivity contribution in [2.75, 3.05) is 5.43 Å². The van der Waals surface area contributed by atoms with Gasteiger partial charge in [0.2, 0.25) is 0 Å². The number of aromatic nitrogens is 1. The first-order chi connectivity index (χ1) is 7.78. The van der Waals surface area contributed by atoms with E-state index >= 15 is 0 Å². The van der Waals surface area contributed by atoms with E-state index in [1.54, 1.807) is 6.07 Å². The van der Waals surface area contributed by atoms with Crippen LogP contribution in [-0.4, -0.2) is 4.98 Å². The van der Waals surface area contributed by atoms with Gasteiger partial charge in [0.15, 0.2) is 0 Å². The van der Waals surface area contributed by atoms with Crippen LogP contribution in [-0.2, 0) is 0 Å². The fourth-order valence-corrected chi connectivity index (χ4v) is 1.93. The Hall–Kier alpha value is -1.68. The fraction of sp³-hybridized carbons (Fsp3) is 0.250. The Morgan fingerprint density at radius 3 is 2.81 bits per heavy atom. The largest absolute Gasteiger partial charge is 0.323 e. The third-order valence-electron chi connectivity index (χ3n) is 2.94. The van der Waals surface area contributed by atoms with Gasteiger partial charge in [0, 0.05) is 23.1 Å². The number of nitrogen functional groups attached to an aromatic ring is 1. The summed E-state index contributed by atoms with van der Waals surface area (Å²) in [6, 6.07) is 6.52. The van der Waals surface area contributed by atoms with Crippen LogP contribution in [0.25, 0.3) is 10.9 Å². The normalized spacial score (nSPS) is 15.4. The fourth-order valence-electron chi connectivity index (χ4n) is 1.93. The quantitative estimate of drug-likeness (QED) is 0.600. The molecule has 1 aliphatic rings. The monoisotopic (exact) mass is 217 g/mol. The van der Waals surface area contributed by atoms with E-state index in [4.69, 9.17) is 5.84 Å². The first kappa shape index (κ1) is 9.54. The maximum Gasteiger partial charge on any atom is 0.125 e. The van der Waals surface area contributed by atoms with Crippen molar-refractivity contribution in [3.05, 3.63) is 35.8 Å². The number of fused-ring (bicyclic) bond motifs is 1. The number of halogens is 1. The lowest BCUT2D eigenvalue weighted by Gasteiger charge is -2.08. The van der Waals surface area contributed by atoms with Crippen molar-refractivity contribution in [2.24, 2.45) is 5.84 Å². The highest BCUT2D eigenvalue weighted by molar-refractivity contribution is 5.91. The highest BCUT2D eigenvalue weighted by Gasteiger charge is 2.25. The lowest BCUT2D eigenvalue weighted by atomic mass is 10.1. The molecule has 0 amide bonds. The summed E-state index contributed by atoms with van der Waals surface area (Å²) in [6.45, 7) is 0. The number of pyridine rings is 1. The zero-order valence-electron chi connectivity index (χ0n) is 8.70. The van der Waals surface area contributed by atoms with Crippen LogP contribution in [0.15, 0.2) is 24.3 Å². The van der Waals surface area contributed by atoms with Gasteiger partial charge >= 0.3 is 0 Å². The molecule has 0 atom stereocenters. The van der Waals surface area contributed by atoms with E-state index in [0.29, 0.717) is 11.4 Å². The van der Waals surface area contributed by atoms with Gasteiger partial charge in [-0.05, 0) is 31.0 Å². The smallest absolute Gasteiger partial charge is 0.125 e. The number of benzene rings is 1. The third-order valence-corrected chi connectivity index (χ3v) is 2.94. The van der Waals surface area contributed by atoms with Gasteiger partial charge in [-0.1, -0.05) is 0 Å². The number of hydrogen-bond donors (Lipinski definition) is 2. The topological polar surface area (TPSA) is 50.9 Å². The van der Waals surface area contributed by atoms with Crippen LogP contribution in [0, 0.1) is 5.82 Å². The van der Waals surface area contributed by atoms with E-state index in [-0.39, 0.29) is 5.82 Å². The molecule has 3 N–H and O–H groups in total. The molecular formula is C12H12FN3. The van der Waals surface area contributed by atoms with Crippen LogP contribution in [0.4, 0.5) is 10.1 Å². The molecule has 1 heterocycles. The van der Waals surface area contributed by atoms with Gasteiger partial charge < -0.3 is 5.43 Å². The first-order valence-corrected chi connectivity index (χ1v) is 5.35. The molecule has 16 heavy (non-hydrogen) atoms. The number of nitrogens with one attached hydrogen (secondary N) is 1. The zero-order chi connectivity index (χ0) is 11.1. The zero-order valence-corrected chi connectivity index (χ0v) is 8.70. The SMILES string of the molecule is NNc1cc(C2CC2)nc2cc(F)ccc12. The van der Waals surface area contributed by atoms with Gasteiger partial charge in [-0.15, -0.1) is 0 Å². The van der Waals surface area contributed by atoms with Crippen molar-refractivity contribution in [3.63, 3.8) is 0 Å². The summed E-state index contributed by atoms with van der Waals surface area (Å²) in [5.41, 5.74) is 5.13. The maximum atomic E-state index is 13.1. The molecule has 82 valence electrons. The Balaban J connectivity index is 2.26. The molecule has 1 saturated carbocycles. The van der Waals surface area contributed by atoms with Crippen LogP contribution in [0.5, 0.6) is 0 Å². The molecule has 0 unspecified atom stereocenters. The summed E-state index contributed by atoms with van der Waals surface area (Å²) in [6.07, 6.45) is 2.33. The summed E-state index contributed by atoms with van der Waals surface area (Å²) in [4.78, 5) is 4.47. The second-order valence-electron chi connectivity index (χ2n) is 4.17. The number of hydrazine groups is 1. The van der Waals surface area contributed by atoms with E-state index in [9.17, 15) is 4.39 Å². The number of rotatable bonds is 2. The summed E-state index contributed by atoms with van der Waals surface area (Å²) >= 11 is 0. The number of nitrogens with two attached hydrogens (primary N) is 1. The molecule has 0 saturated heterocycles. The van der Waals surface area contributed by atoms with Crippen molar-refractivity contribution in [1.82, 2.24) is 4.98 Å². The molecule has 4 heteroatoms. The van der Waals surface area contributed by atoms with Gasteiger partial charge in [0.25, 0.3) is 0 Å². The van der Waals surface area contributed by atoms with Gasteiger partial charge in [-0.2, -0.15) is 0 Å². The summed E-state index contributed by atoms with van der Waals surface area (Å²) in [7, 11) is 0. The van der Waals surface area contributed by atoms with Gasteiger partial charge in [0.1, 0.15) is 5.82 Å². The van der Waals surface area contributed by atoms with E-state index < -0.39 is 0 Å². The van der Waals surface area contributed by atoms with Gasteiger partial charge in [-0.25, -0.2) is 4.39 Å². The minimum atomic E-state index is -0.268. The molecule has 0 bridgehead atoms. The Morgan fingerprint density at radius 2 is 2.12 bits per heavy atom. The van der Waals surface area contributed by atoms with Crippen LogP contribution in [0.1, 0.15) is 24.5 Å². The molecule has 1 fully saturated rings. The highest BCUT2D eigenvalue weighted by Crippen LogP contribution is 2.40. The first-order valence-electron chi connectivity index (χ1n) is 5.35. The molecule has 2 aromatic rings. The van der Waals surface area contributed by atoms with Gasteiger partial charge in [-0.3, -0.25) is 10.8 Å². The third kappa shape index (κ3) is 1.51. The molecule has 1 aliphatic carbocycles.